The Hall–Kier alpha value is -0.870. The lowest BCUT2D eigenvalue weighted by molar-refractivity contribution is -0.169. The summed E-state index contributed by atoms with van der Waals surface area (Å²) in [4.78, 5) is 0. The van der Waals surface area contributed by atoms with Crippen LogP contribution in [0.3, 0.4) is 0 Å². The molecule has 1 aliphatic rings. The lowest BCUT2D eigenvalue weighted by atomic mass is 10.2. The summed E-state index contributed by atoms with van der Waals surface area (Å²) in [5.74, 6) is 0. The summed E-state index contributed by atoms with van der Waals surface area (Å²) < 4.78 is 19.3. The molecule has 5 nitrogen and oxygen atoms in total. The lowest BCUT2D eigenvalue weighted by Gasteiger charge is -2.22. The average Bonchev–Trinajstić information content (AvgIpc) is 2.84. The first-order valence-corrected chi connectivity index (χ1v) is 7.65. The molecule has 0 aromatic carbocycles. The van der Waals surface area contributed by atoms with Gasteiger partial charge in [0.15, 0.2) is 6.29 Å². The number of hydrogen-bond acceptors (Lipinski definition) is 4. The van der Waals surface area contributed by atoms with Gasteiger partial charge < -0.3 is 18.8 Å². The maximum Gasteiger partial charge on any atom is 0.157 e. The van der Waals surface area contributed by atoms with Gasteiger partial charge in [-0.1, -0.05) is 0 Å². The van der Waals surface area contributed by atoms with Crippen LogP contribution in [-0.4, -0.2) is 37.3 Å². The molecule has 1 unspecified atom stereocenters. The standard InChI is InChI=1S/C14H19BrN2O3/c15-12-9-13(10-16)17(11-12)4-6-18-7-8-20-14-3-1-2-5-19-14/h9,11,14H,1-8H2. The number of rotatable bonds is 7. The van der Waals surface area contributed by atoms with Crippen LogP contribution in [0.25, 0.3) is 0 Å². The van der Waals surface area contributed by atoms with Gasteiger partial charge in [0.1, 0.15) is 11.8 Å². The van der Waals surface area contributed by atoms with Crippen molar-refractivity contribution in [1.82, 2.24) is 4.57 Å². The fourth-order valence-corrected chi connectivity index (χ4v) is 2.56. The molecule has 0 N–H and O–H groups in total. The molecule has 0 bridgehead atoms. The summed E-state index contributed by atoms with van der Waals surface area (Å²) in [5.41, 5.74) is 0.632. The van der Waals surface area contributed by atoms with Crippen LogP contribution in [0.15, 0.2) is 16.7 Å². The van der Waals surface area contributed by atoms with Gasteiger partial charge in [-0.25, -0.2) is 0 Å². The minimum atomic E-state index is -0.0575. The summed E-state index contributed by atoms with van der Waals surface area (Å²) in [6.45, 7) is 3.11. The van der Waals surface area contributed by atoms with Gasteiger partial charge in [-0.15, -0.1) is 0 Å². The Morgan fingerprint density at radius 3 is 3.05 bits per heavy atom. The minimum Gasteiger partial charge on any atom is -0.377 e. The van der Waals surface area contributed by atoms with E-state index in [-0.39, 0.29) is 6.29 Å². The molecule has 6 heteroatoms. The van der Waals surface area contributed by atoms with Crippen molar-refractivity contribution in [3.8, 4) is 6.07 Å². The van der Waals surface area contributed by atoms with Crippen LogP contribution in [0, 0.1) is 11.3 Å². The van der Waals surface area contributed by atoms with Gasteiger partial charge >= 0.3 is 0 Å². The van der Waals surface area contributed by atoms with Crippen molar-refractivity contribution in [2.45, 2.75) is 32.1 Å². The maximum absolute atomic E-state index is 8.95. The van der Waals surface area contributed by atoms with E-state index in [0.29, 0.717) is 32.1 Å². The number of nitriles is 1. The van der Waals surface area contributed by atoms with Crippen molar-refractivity contribution in [3.63, 3.8) is 0 Å². The normalized spacial score (nSPS) is 18.9. The molecule has 1 aromatic rings. The molecule has 2 rings (SSSR count). The smallest absolute Gasteiger partial charge is 0.157 e. The van der Waals surface area contributed by atoms with Crippen LogP contribution in [0.1, 0.15) is 25.0 Å². The molecule has 1 aromatic heterocycles. The Balaban J connectivity index is 1.56. The predicted octanol–water partition coefficient (Wildman–Crippen LogP) is 2.68. The number of halogens is 1. The molecule has 0 aliphatic carbocycles. The number of ether oxygens (including phenoxy) is 3. The summed E-state index contributed by atoms with van der Waals surface area (Å²) in [5, 5.41) is 8.95. The van der Waals surface area contributed by atoms with Crippen molar-refractivity contribution in [2.24, 2.45) is 0 Å². The van der Waals surface area contributed by atoms with Crippen LogP contribution in [0.2, 0.25) is 0 Å². The second-order valence-electron chi connectivity index (χ2n) is 4.63. The maximum atomic E-state index is 8.95. The highest BCUT2D eigenvalue weighted by Crippen LogP contribution is 2.14. The summed E-state index contributed by atoms with van der Waals surface area (Å²) in [7, 11) is 0. The van der Waals surface area contributed by atoms with Crippen molar-refractivity contribution < 1.29 is 14.2 Å². The van der Waals surface area contributed by atoms with Crippen LogP contribution in [-0.2, 0) is 20.8 Å². The molecule has 110 valence electrons. The van der Waals surface area contributed by atoms with E-state index in [1.165, 1.54) is 6.42 Å². The molecule has 2 heterocycles. The Labute approximate surface area is 127 Å². The molecule has 0 saturated carbocycles. The fraction of sp³-hybridized carbons (Fsp3) is 0.643. The van der Waals surface area contributed by atoms with Gasteiger partial charge in [-0.2, -0.15) is 5.26 Å². The van der Waals surface area contributed by atoms with E-state index >= 15 is 0 Å². The van der Waals surface area contributed by atoms with Gasteiger partial charge in [0.2, 0.25) is 0 Å². The van der Waals surface area contributed by atoms with Crippen molar-refractivity contribution in [2.75, 3.05) is 26.4 Å². The van der Waals surface area contributed by atoms with Crippen LogP contribution >= 0.6 is 15.9 Å². The fourth-order valence-electron chi connectivity index (χ4n) is 2.10. The topological polar surface area (TPSA) is 56.4 Å². The first-order valence-electron chi connectivity index (χ1n) is 6.86. The third-order valence-electron chi connectivity index (χ3n) is 3.12. The van der Waals surface area contributed by atoms with E-state index in [4.69, 9.17) is 19.5 Å². The average molecular weight is 343 g/mol. The largest absolute Gasteiger partial charge is 0.377 e. The quantitative estimate of drug-likeness (QED) is 0.715. The molecule has 1 saturated heterocycles. The Morgan fingerprint density at radius 1 is 1.40 bits per heavy atom. The van der Waals surface area contributed by atoms with E-state index in [0.717, 1.165) is 23.9 Å². The van der Waals surface area contributed by atoms with Crippen LogP contribution < -0.4 is 0 Å². The Morgan fingerprint density at radius 2 is 2.30 bits per heavy atom. The highest BCUT2D eigenvalue weighted by atomic mass is 79.9. The second kappa shape index (κ2) is 8.42. The first kappa shape index (κ1) is 15.5. The van der Waals surface area contributed by atoms with Crippen molar-refractivity contribution in [3.05, 3.63) is 22.4 Å². The zero-order chi connectivity index (χ0) is 14.2. The van der Waals surface area contributed by atoms with E-state index in [9.17, 15) is 0 Å². The zero-order valence-corrected chi connectivity index (χ0v) is 13.0. The molecule has 20 heavy (non-hydrogen) atoms. The third kappa shape index (κ3) is 4.91. The van der Waals surface area contributed by atoms with E-state index in [1.54, 1.807) is 6.07 Å². The van der Waals surface area contributed by atoms with E-state index < -0.39 is 0 Å². The number of nitrogens with zero attached hydrogens (tertiary/aromatic N) is 2. The van der Waals surface area contributed by atoms with E-state index in [1.807, 2.05) is 10.8 Å². The molecule has 0 amide bonds. The summed E-state index contributed by atoms with van der Waals surface area (Å²) in [6, 6.07) is 3.94. The van der Waals surface area contributed by atoms with Gasteiger partial charge in [0.25, 0.3) is 0 Å². The lowest BCUT2D eigenvalue weighted by Crippen LogP contribution is -2.24. The van der Waals surface area contributed by atoms with Gasteiger partial charge in [0.05, 0.1) is 19.8 Å². The zero-order valence-electron chi connectivity index (χ0n) is 11.4. The van der Waals surface area contributed by atoms with Crippen LogP contribution in [0.4, 0.5) is 0 Å². The minimum absolute atomic E-state index is 0.0575. The predicted molar refractivity (Wildman–Crippen MR) is 77.2 cm³/mol. The molecule has 0 radical (unpaired) electrons. The molecule has 1 fully saturated rings. The second-order valence-corrected chi connectivity index (χ2v) is 5.54. The highest BCUT2D eigenvalue weighted by molar-refractivity contribution is 9.10. The third-order valence-corrected chi connectivity index (χ3v) is 3.56. The van der Waals surface area contributed by atoms with E-state index in [2.05, 4.69) is 22.0 Å². The van der Waals surface area contributed by atoms with Crippen LogP contribution in [0.5, 0.6) is 0 Å². The monoisotopic (exact) mass is 342 g/mol. The Bertz CT molecular complexity index is 450. The molecular formula is C14H19BrN2O3. The molecule has 1 aliphatic heterocycles. The van der Waals surface area contributed by atoms with Gasteiger partial charge in [-0.3, -0.25) is 0 Å². The van der Waals surface area contributed by atoms with Gasteiger partial charge in [-0.05, 0) is 41.3 Å². The van der Waals surface area contributed by atoms with Crippen molar-refractivity contribution >= 4 is 15.9 Å². The number of aromatic nitrogens is 1. The Kier molecular flexibility index (Phi) is 6.54. The summed E-state index contributed by atoms with van der Waals surface area (Å²) in [6.07, 6.45) is 5.10. The van der Waals surface area contributed by atoms with Gasteiger partial charge in [0, 0.05) is 23.8 Å². The summed E-state index contributed by atoms with van der Waals surface area (Å²) >= 11 is 3.36. The first-order chi connectivity index (χ1) is 9.79. The highest BCUT2D eigenvalue weighted by Gasteiger charge is 2.13. The molecular weight excluding hydrogens is 324 g/mol. The molecule has 0 spiro atoms. The SMILES string of the molecule is N#Cc1cc(Br)cn1CCOCCOC1CCCCO1. The molecule has 1 atom stereocenters. The number of hydrogen-bond donors (Lipinski definition) is 0. The van der Waals surface area contributed by atoms with Crippen molar-refractivity contribution in [1.29, 1.82) is 5.26 Å².